The maximum absolute atomic E-state index is 11.3. The highest BCUT2D eigenvalue weighted by molar-refractivity contribution is 5.82. The lowest BCUT2D eigenvalue weighted by molar-refractivity contribution is -0.138. The van der Waals surface area contributed by atoms with Gasteiger partial charge in [0.2, 0.25) is 0 Å². The van der Waals surface area contributed by atoms with E-state index in [9.17, 15) is 9.59 Å². The molecule has 6 heteroatoms. The second-order valence-corrected chi connectivity index (χ2v) is 3.90. The average molecular weight is 230 g/mol. The number of hydrogen-bond acceptors (Lipinski definition) is 3. The highest BCUT2D eigenvalue weighted by Gasteiger charge is 2.17. The summed E-state index contributed by atoms with van der Waals surface area (Å²) in [6.45, 7) is 2.58. The van der Waals surface area contributed by atoms with E-state index in [2.05, 4.69) is 10.6 Å². The number of amides is 2. The third kappa shape index (κ3) is 4.48. The third-order valence-corrected chi connectivity index (χ3v) is 2.48. The van der Waals surface area contributed by atoms with Crippen LogP contribution in [0.1, 0.15) is 26.2 Å². The van der Waals surface area contributed by atoms with E-state index in [0.717, 1.165) is 25.9 Å². The van der Waals surface area contributed by atoms with E-state index in [1.807, 2.05) is 0 Å². The summed E-state index contributed by atoms with van der Waals surface area (Å²) in [5, 5.41) is 13.5. The summed E-state index contributed by atoms with van der Waals surface area (Å²) < 4.78 is 5.42. The van der Waals surface area contributed by atoms with Gasteiger partial charge in [0, 0.05) is 13.2 Å². The molecule has 0 saturated carbocycles. The van der Waals surface area contributed by atoms with Crippen molar-refractivity contribution in [3.05, 3.63) is 0 Å². The van der Waals surface area contributed by atoms with Crippen molar-refractivity contribution in [2.45, 2.75) is 38.3 Å². The van der Waals surface area contributed by atoms with Gasteiger partial charge in [0.1, 0.15) is 6.04 Å². The number of aliphatic carboxylic acids is 1. The van der Waals surface area contributed by atoms with Crippen molar-refractivity contribution < 1.29 is 19.4 Å². The van der Waals surface area contributed by atoms with Gasteiger partial charge in [-0.15, -0.1) is 0 Å². The first-order chi connectivity index (χ1) is 7.59. The number of carbonyl (C=O) groups is 2. The SMILES string of the molecule is C[C@@H](NC(=O)NCC1CCCCO1)C(=O)O. The van der Waals surface area contributed by atoms with E-state index in [1.54, 1.807) is 0 Å². The van der Waals surface area contributed by atoms with Gasteiger partial charge in [0.25, 0.3) is 0 Å². The molecule has 0 aromatic heterocycles. The van der Waals surface area contributed by atoms with Crippen molar-refractivity contribution in [3.63, 3.8) is 0 Å². The molecule has 0 bridgehead atoms. The molecule has 1 rings (SSSR count). The molecule has 1 unspecified atom stereocenters. The second-order valence-electron chi connectivity index (χ2n) is 3.90. The maximum atomic E-state index is 11.3. The number of hydrogen-bond donors (Lipinski definition) is 3. The predicted octanol–water partition coefficient (Wildman–Crippen LogP) is 0.328. The van der Waals surface area contributed by atoms with Crippen LogP contribution in [-0.2, 0) is 9.53 Å². The Kier molecular flexibility index (Phi) is 5.04. The zero-order valence-electron chi connectivity index (χ0n) is 9.36. The Morgan fingerprint density at radius 2 is 2.25 bits per heavy atom. The topological polar surface area (TPSA) is 87.7 Å². The van der Waals surface area contributed by atoms with Crippen LogP contribution in [0, 0.1) is 0 Å². The number of carboxylic acid groups (broad SMARTS) is 1. The molecule has 1 saturated heterocycles. The fourth-order valence-electron chi connectivity index (χ4n) is 1.48. The number of urea groups is 1. The second kappa shape index (κ2) is 6.32. The first kappa shape index (κ1) is 12.8. The molecule has 92 valence electrons. The number of carbonyl (C=O) groups excluding carboxylic acids is 1. The third-order valence-electron chi connectivity index (χ3n) is 2.48. The highest BCUT2D eigenvalue weighted by atomic mass is 16.5. The molecular formula is C10H18N2O4. The van der Waals surface area contributed by atoms with Gasteiger partial charge < -0.3 is 20.5 Å². The minimum atomic E-state index is -1.05. The summed E-state index contributed by atoms with van der Waals surface area (Å²) in [5.74, 6) is -1.05. The van der Waals surface area contributed by atoms with Gasteiger partial charge in [0.15, 0.2) is 0 Å². The smallest absolute Gasteiger partial charge is 0.325 e. The van der Waals surface area contributed by atoms with Gasteiger partial charge >= 0.3 is 12.0 Å². The predicted molar refractivity (Wildman–Crippen MR) is 57.2 cm³/mol. The molecule has 0 radical (unpaired) electrons. The van der Waals surface area contributed by atoms with Crippen LogP contribution in [0.15, 0.2) is 0 Å². The fourth-order valence-corrected chi connectivity index (χ4v) is 1.48. The summed E-state index contributed by atoms with van der Waals surface area (Å²) in [6.07, 6.45) is 3.17. The minimum absolute atomic E-state index is 0.0552. The number of rotatable bonds is 4. The molecule has 0 aromatic carbocycles. The van der Waals surface area contributed by atoms with Gasteiger partial charge in [-0.05, 0) is 26.2 Å². The van der Waals surface area contributed by atoms with Crippen molar-refractivity contribution in [3.8, 4) is 0 Å². The van der Waals surface area contributed by atoms with E-state index in [4.69, 9.17) is 9.84 Å². The highest BCUT2D eigenvalue weighted by Crippen LogP contribution is 2.11. The van der Waals surface area contributed by atoms with Crippen molar-refractivity contribution in [1.29, 1.82) is 0 Å². The van der Waals surface area contributed by atoms with Gasteiger partial charge in [0.05, 0.1) is 6.10 Å². The Hall–Kier alpha value is -1.30. The molecule has 2 atom stereocenters. The fraction of sp³-hybridized carbons (Fsp3) is 0.800. The molecule has 3 N–H and O–H groups in total. The normalized spacial score (nSPS) is 22.2. The summed E-state index contributed by atoms with van der Waals surface area (Å²) in [5.41, 5.74) is 0. The van der Waals surface area contributed by atoms with Crippen LogP contribution in [0.2, 0.25) is 0 Å². The summed E-state index contributed by atoms with van der Waals surface area (Å²) in [4.78, 5) is 21.7. The molecule has 0 spiro atoms. The Morgan fingerprint density at radius 1 is 1.50 bits per heavy atom. The van der Waals surface area contributed by atoms with Crippen LogP contribution >= 0.6 is 0 Å². The quantitative estimate of drug-likeness (QED) is 0.649. The van der Waals surface area contributed by atoms with Gasteiger partial charge in [-0.1, -0.05) is 0 Å². The maximum Gasteiger partial charge on any atom is 0.325 e. The van der Waals surface area contributed by atoms with E-state index in [1.165, 1.54) is 6.92 Å². The summed E-state index contributed by atoms with van der Waals surface area (Å²) in [6, 6.07) is -1.35. The Labute approximate surface area is 94.3 Å². The van der Waals surface area contributed by atoms with Gasteiger partial charge in [-0.2, -0.15) is 0 Å². The first-order valence-corrected chi connectivity index (χ1v) is 5.48. The molecule has 1 fully saturated rings. The Bertz CT molecular complexity index is 251. The zero-order chi connectivity index (χ0) is 12.0. The average Bonchev–Trinajstić information content (AvgIpc) is 2.27. The standard InChI is InChI=1S/C10H18N2O4/c1-7(9(13)14)12-10(15)11-6-8-4-2-3-5-16-8/h7-8H,2-6H2,1H3,(H,13,14)(H2,11,12,15)/t7-,8?/m1/s1. The molecule has 1 heterocycles. The van der Waals surface area contributed by atoms with Crippen molar-refractivity contribution >= 4 is 12.0 Å². The van der Waals surface area contributed by atoms with Crippen LogP contribution in [0.25, 0.3) is 0 Å². The lowest BCUT2D eigenvalue weighted by Crippen LogP contribution is -2.46. The van der Waals surface area contributed by atoms with Crippen molar-refractivity contribution in [1.82, 2.24) is 10.6 Å². The number of carboxylic acids is 1. The number of ether oxygens (including phenoxy) is 1. The monoisotopic (exact) mass is 230 g/mol. The van der Waals surface area contributed by atoms with Gasteiger partial charge in [-0.25, -0.2) is 4.79 Å². The van der Waals surface area contributed by atoms with Crippen LogP contribution in [0.4, 0.5) is 4.79 Å². The van der Waals surface area contributed by atoms with E-state index < -0.39 is 18.0 Å². The van der Waals surface area contributed by atoms with Crippen LogP contribution in [0.5, 0.6) is 0 Å². The first-order valence-electron chi connectivity index (χ1n) is 5.48. The summed E-state index contributed by atoms with van der Waals surface area (Å²) >= 11 is 0. The van der Waals surface area contributed by atoms with Gasteiger partial charge in [-0.3, -0.25) is 4.79 Å². The lowest BCUT2D eigenvalue weighted by atomic mass is 10.1. The molecule has 2 amide bonds. The molecule has 6 nitrogen and oxygen atoms in total. The lowest BCUT2D eigenvalue weighted by Gasteiger charge is -2.23. The van der Waals surface area contributed by atoms with E-state index >= 15 is 0 Å². The molecule has 0 aromatic rings. The van der Waals surface area contributed by atoms with Crippen molar-refractivity contribution in [2.24, 2.45) is 0 Å². The Morgan fingerprint density at radius 3 is 2.81 bits per heavy atom. The molecule has 16 heavy (non-hydrogen) atoms. The molecule has 1 aliphatic heterocycles. The molecule has 0 aliphatic carbocycles. The van der Waals surface area contributed by atoms with Crippen LogP contribution in [-0.4, -0.2) is 42.4 Å². The number of nitrogens with one attached hydrogen (secondary N) is 2. The zero-order valence-corrected chi connectivity index (χ0v) is 9.36. The van der Waals surface area contributed by atoms with E-state index in [0.29, 0.717) is 6.54 Å². The summed E-state index contributed by atoms with van der Waals surface area (Å²) in [7, 11) is 0. The van der Waals surface area contributed by atoms with Crippen LogP contribution in [0.3, 0.4) is 0 Å². The molecular weight excluding hydrogens is 212 g/mol. The largest absolute Gasteiger partial charge is 0.480 e. The van der Waals surface area contributed by atoms with E-state index in [-0.39, 0.29) is 6.10 Å². The molecule has 1 aliphatic rings. The van der Waals surface area contributed by atoms with Crippen molar-refractivity contribution in [2.75, 3.05) is 13.2 Å². The van der Waals surface area contributed by atoms with Crippen LogP contribution < -0.4 is 10.6 Å². The minimum Gasteiger partial charge on any atom is -0.480 e. The Balaban J connectivity index is 2.16.